The van der Waals surface area contributed by atoms with Crippen LogP contribution in [0, 0.1) is 0 Å². The second kappa shape index (κ2) is 12.9. The first-order valence-electron chi connectivity index (χ1n) is 14.2. The Balaban J connectivity index is 1.59. The van der Waals surface area contributed by atoms with Crippen molar-refractivity contribution in [2.45, 2.75) is 63.7 Å². The van der Waals surface area contributed by atoms with E-state index in [1.165, 1.54) is 0 Å². The summed E-state index contributed by atoms with van der Waals surface area (Å²) in [7, 11) is 4.11. The van der Waals surface area contributed by atoms with Crippen LogP contribution in [-0.4, -0.2) is 83.7 Å². The quantitative estimate of drug-likeness (QED) is 0.313. The van der Waals surface area contributed by atoms with Crippen molar-refractivity contribution in [2.24, 2.45) is 5.73 Å². The predicted octanol–water partition coefficient (Wildman–Crippen LogP) is 3.44. The molecule has 1 unspecified atom stereocenters. The molecule has 9 heteroatoms. The largest absolute Gasteiger partial charge is 0.478 e. The van der Waals surface area contributed by atoms with Gasteiger partial charge in [-0.1, -0.05) is 37.6 Å². The molecule has 1 aliphatic rings. The fourth-order valence-corrected chi connectivity index (χ4v) is 5.70. The third kappa shape index (κ3) is 6.37. The summed E-state index contributed by atoms with van der Waals surface area (Å²) in [5.41, 5.74) is 6.83. The van der Waals surface area contributed by atoms with Crippen molar-refractivity contribution >= 4 is 16.7 Å². The number of aliphatic hydroxyl groups excluding tert-OH is 1. The number of hydrogen-bond acceptors (Lipinski definition) is 7. The lowest BCUT2D eigenvalue weighted by atomic mass is 9.75. The van der Waals surface area contributed by atoms with Gasteiger partial charge in [0.25, 0.3) is 0 Å². The van der Waals surface area contributed by atoms with Crippen molar-refractivity contribution in [3.63, 3.8) is 0 Å². The summed E-state index contributed by atoms with van der Waals surface area (Å²) < 4.78 is 17.9. The van der Waals surface area contributed by atoms with Crippen molar-refractivity contribution in [3.05, 3.63) is 59.9 Å². The number of benzene rings is 1. The van der Waals surface area contributed by atoms with E-state index in [-0.39, 0.29) is 0 Å². The standard InChI is InChI=1S/C31H42N4O5/c1-5-7-11-24-19-23-10-8-9-12-25(23)30(34-24)40-18-16-35(3,4)31(15-17-39-27(28(31)36)29(32)37)20-22-13-14-26(33-21-22)38-6-2/h8-10,12-14,19,21,27-28,36H,5-7,11,15-18,20H2,1-4H3,(H-,32,37)/p+1/t27?,28-,31+/m0/s1. The van der Waals surface area contributed by atoms with Crippen LogP contribution in [0.4, 0.5) is 0 Å². The molecule has 216 valence electrons. The summed E-state index contributed by atoms with van der Waals surface area (Å²) in [5.74, 6) is 0.500. The number of hydrogen-bond donors (Lipinski definition) is 2. The molecule has 3 N–H and O–H groups in total. The predicted molar refractivity (Wildman–Crippen MR) is 154 cm³/mol. The highest BCUT2D eigenvalue weighted by molar-refractivity contribution is 5.87. The van der Waals surface area contributed by atoms with Gasteiger partial charge in [0.05, 0.1) is 27.3 Å². The minimum absolute atomic E-state index is 0.309. The summed E-state index contributed by atoms with van der Waals surface area (Å²) in [6.07, 6.45) is 3.63. The van der Waals surface area contributed by atoms with Gasteiger partial charge in [0.2, 0.25) is 17.7 Å². The van der Waals surface area contributed by atoms with Crippen molar-refractivity contribution in [3.8, 4) is 11.8 Å². The van der Waals surface area contributed by atoms with Gasteiger partial charge < -0.3 is 29.5 Å². The van der Waals surface area contributed by atoms with E-state index in [2.05, 4.69) is 38.1 Å². The normalized spacial score (nSPS) is 21.3. The van der Waals surface area contributed by atoms with Crippen LogP contribution >= 0.6 is 0 Å². The van der Waals surface area contributed by atoms with Gasteiger partial charge in [-0.05, 0) is 42.8 Å². The topological polar surface area (TPSA) is 117 Å². The Morgan fingerprint density at radius 2 is 2.00 bits per heavy atom. The summed E-state index contributed by atoms with van der Waals surface area (Å²) in [4.78, 5) is 21.5. The van der Waals surface area contributed by atoms with Crippen molar-refractivity contribution < 1.29 is 28.6 Å². The monoisotopic (exact) mass is 551 g/mol. The van der Waals surface area contributed by atoms with Crippen LogP contribution in [-0.2, 0) is 22.4 Å². The van der Waals surface area contributed by atoms with Crippen LogP contribution in [0.3, 0.4) is 0 Å². The molecule has 3 heterocycles. The van der Waals surface area contributed by atoms with Gasteiger partial charge in [-0.2, -0.15) is 0 Å². The average Bonchev–Trinajstić information content (AvgIpc) is 2.94. The molecule has 2 aromatic heterocycles. The molecule has 40 heavy (non-hydrogen) atoms. The SMILES string of the molecule is CCCCc1cc2ccccc2c(OCC[N+](C)(C)[C@@]2(Cc3ccc(OCC)nc3)CCOC(C(N)=O)[C@@H]2O)n1. The maximum atomic E-state index is 12.2. The van der Waals surface area contributed by atoms with E-state index in [0.29, 0.717) is 55.5 Å². The first-order valence-corrected chi connectivity index (χ1v) is 14.2. The molecule has 1 fully saturated rings. The third-order valence-electron chi connectivity index (χ3n) is 8.19. The highest BCUT2D eigenvalue weighted by Crippen LogP contribution is 2.38. The molecular formula is C31H43N4O5+. The molecule has 0 saturated carbocycles. The summed E-state index contributed by atoms with van der Waals surface area (Å²) in [6, 6.07) is 14.1. The molecule has 1 amide bonds. The number of rotatable bonds is 13. The fourth-order valence-electron chi connectivity index (χ4n) is 5.70. The van der Waals surface area contributed by atoms with Crippen LogP contribution in [0.2, 0.25) is 0 Å². The number of ether oxygens (including phenoxy) is 3. The zero-order valence-corrected chi connectivity index (χ0v) is 24.1. The van der Waals surface area contributed by atoms with Gasteiger partial charge >= 0.3 is 0 Å². The Morgan fingerprint density at radius 1 is 1.20 bits per heavy atom. The zero-order valence-electron chi connectivity index (χ0n) is 24.1. The molecule has 0 bridgehead atoms. The van der Waals surface area contributed by atoms with E-state index in [9.17, 15) is 9.90 Å². The molecule has 0 aliphatic carbocycles. The van der Waals surface area contributed by atoms with Crippen molar-refractivity contribution in [1.82, 2.24) is 9.97 Å². The Bertz CT molecular complexity index is 1280. The molecule has 1 saturated heterocycles. The Morgan fingerprint density at radius 3 is 2.70 bits per heavy atom. The molecule has 3 aromatic rings. The first-order chi connectivity index (χ1) is 19.2. The number of carbonyl (C=O) groups excluding carboxylic acids is 1. The fraction of sp³-hybridized carbons (Fsp3) is 0.516. The lowest BCUT2D eigenvalue weighted by Gasteiger charge is -2.54. The van der Waals surface area contributed by atoms with Gasteiger partial charge in [-0.15, -0.1) is 0 Å². The molecule has 3 atom stereocenters. The van der Waals surface area contributed by atoms with Gasteiger partial charge in [-0.25, -0.2) is 9.97 Å². The maximum absolute atomic E-state index is 12.2. The van der Waals surface area contributed by atoms with E-state index in [4.69, 9.17) is 24.9 Å². The molecule has 0 radical (unpaired) electrons. The number of nitrogens with zero attached hydrogens (tertiary/aromatic N) is 3. The van der Waals surface area contributed by atoms with Gasteiger partial charge in [0, 0.05) is 36.2 Å². The van der Waals surface area contributed by atoms with Crippen LogP contribution in [0.15, 0.2) is 48.7 Å². The molecule has 1 aromatic carbocycles. The van der Waals surface area contributed by atoms with Crippen molar-refractivity contribution in [2.75, 3.05) is 40.5 Å². The van der Waals surface area contributed by atoms with Crippen molar-refractivity contribution in [1.29, 1.82) is 0 Å². The second-order valence-corrected chi connectivity index (χ2v) is 11.1. The first kappa shape index (κ1) is 29.7. The number of quaternary nitrogens is 1. The molecule has 1 aliphatic heterocycles. The Hall–Kier alpha value is -3.27. The number of unbranched alkanes of at least 4 members (excludes halogenated alkanes) is 1. The molecule has 4 rings (SSSR count). The number of nitrogens with two attached hydrogens (primary N) is 1. The number of pyridine rings is 2. The van der Waals surface area contributed by atoms with E-state index in [0.717, 1.165) is 41.3 Å². The highest BCUT2D eigenvalue weighted by Gasteiger charge is 2.57. The van der Waals surface area contributed by atoms with E-state index >= 15 is 0 Å². The van der Waals surface area contributed by atoms with E-state index in [1.807, 2.05) is 37.3 Å². The third-order valence-corrected chi connectivity index (χ3v) is 8.19. The number of primary amides is 1. The Kier molecular flexibility index (Phi) is 9.60. The zero-order chi connectivity index (χ0) is 28.8. The number of fused-ring (bicyclic) bond motifs is 1. The number of aromatic nitrogens is 2. The smallest absolute Gasteiger partial charge is 0.249 e. The van der Waals surface area contributed by atoms with Crippen LogP contribution < -0.4 is 15.2 Å². The second-order valence-electron chi connectivity index (χ2n) is 11.1. The summed E-state index contributed by atoms with van der Waals surface area (Å²) in [5, 5.41) is 13.7. The van der Waals surface area contributed by atoms with Gasteiger partial charge in [-0.3, -0.25) is 4.79 Å². The Labute approximate surface area is 236 Å². The minimum atomic E-state index is -1.11. The number of aliphatic hydroxyl groups is 1. The summed E-state index contributed by atoms with van der Waals surface area (Å²) in [6.45, 7) is 5.85. The average molecular weight is 552 g/mol. The number of carbonyl (C=O) groups is 1. The van der Waals surface area contributed by atoms with E-state index in [1.54, 1.807) is 6.20 Å². The van der Waals surface area contributed by atoms with Crippen LogP contribution in [0.1, 0.15) is 44.4 Å². The lowest BCUT2D eigenvalue weighted by molar-refractivity contribution is -0.948. The van der Waals surface area contributed by atoms with E-state index < -0.39 is 23.7 Å². The lowest BCUT2D eigenvalue weighted by Crippen LogP contribution is -2.73. The number of aryl methyl sites for hydroxylation is 1. The van der Waals surface area contributed by atoms with Crippen LogP contribution in [0.5, 0.6) is 11.8 Å². The molecule has 9 nitrogen and oxygen atoms in total. The number of amides is 1. The number of likely N-dealkylation sites (N-methyl/N-ethyl adjacent to an activating group) is 1. The highest BCUT2D eigenvalue weighted by atomic mass is 16.5. The van der Waals surface area contributed by atoms with Gasteiger partial charge in [0.1, 0.15) is 24.8 Å². The van der Waals surface area contributed by atoms with Gasteiger partial charge in [0.15, 0.2) is 6.10 Å². The maximum Gasteiger partial charge on any atom is 0.249 e. The molecular weight excluding hydrogens is 508 g/mol. The van der Waals surface area contributed by atoms with Crippen LogP contribution in [0.25, 0.3) is 10.8 Å². The minimum Gasteiger partial charge on any atom is -0.478 e. The summed E-state index contributed by atoms with van der Waals surface area (Å²) >= 11 is 0. The molecule has 0 spiro atoms.